The Hall–Kier alpha value is 2.39. The number of carbonyl (C=O) groups is 1. The van der Waals surface area contributed by atoms with Gasteiger partial charge in [-0.25, -0.2) is 0 Å². The standard InChI is InChI=1S/C3H7NO3.3Na.3H/c4-2(1-5)3(6)7;;;;;;/h2,5H,1,4H2,(H,6,7);;;;;;/t2-;;;;;;/m0....../s1. The molecule has 7 heteroatoms. The molecule has 0 amide bonds. The maximum atomic E-state index is 9.65. The summed E-state index contributed by atoms with van der Waals surface area (Å²) in [6, 6.07) is -1.13. The molecule has 0 spiro atoms. The second-order valence-corrected chi connectivity index (χ2v) is 1.13. The summed E-state index contributed by atoms with van der Waals surface area (Å²) < 4.78 is 0. The molecule has 1 atom stereocenters. The van der Waals surface area contributed by atoms with Crippen molar-refractivity contribution < 1.29 is 15.0 Å². The molecule has 0 aromatic rings. The van der Waals surface area contributed by atoms with E-state index in [-0.39, 0.29) is 88.7 Å². The van der Waals surface area contributed by atoms with Gasteiger partial charge in [-0.3, -0.25) is 4.79 Å². The average molecular weight is 177 g/mol. The van der Waals surface area contributed by atoms with E-state index in [0.29, 0.717) is 0 Å². The van der Waals surface area contributed by atoms with Crippen molar-refractivity contribution >= 4 is 94.6 Å². The second kappa shape index (κ2) is 13.9. The van der Waals surface area contributed by atoms with Gasteiger partial charge in [0.2, 0.25) is 0 Å². The molecule has 4 N–H and O–H groups in total. The van der Waals surface area contributed by atoms with E-state index in [2.05, 4.69) is 0 Å². The molecule has 4 nitrogen and oxygen atoms in total. The van der Waals surface area contributed by atoms with Gasteiger partial charge >= 0.3 is 94.6 Å². The zero-order valence-corrected chi connectivity index (χ0v) is 3.66. The Morgan fingerprint density at radius 3 is 1.70 bits per heavy atom. The van der Waals surface area contributed by atoms with E-state index in [4.69, 9.17) is 15.9 Å². The van der Waals surface area contributed by atoms with Gasteiger partial charge in [0.05, 0.1) is 6.61 Å². The first kappa shape index (κ1) is 22.8. The molecule has 0 aromatic carbocycles. The number of rotatable bonds is 2. The van der Waals surface area contributed by atoms with E-state index in [9.17, 15) is 4.79 Å². The van der Waals surface area contributed by atoms with Crippen molar-refractivity contribution in [3.05, 3.63) is 0 Å². The Morgan fingerprint density at radius 1 is 1.40 bits per heavy atom. The molecule has 0 heterocycles. The normalized spacial score (nSPS) is 9.40. The summed E-state index contributed by atoms with van der Waals surface area (Å²) in [5.74, 6) is -1.18. The number of hydrogen-bond donors (Lipinski definition) is 3. The number of carboxylic acid groups (broad SMARTS) is 1. The number of nitrogens with two attached hydrogens (primary N) is 1. The molecule has 0 radical (unpaired) electrons. The van der Waals surface area contributed by atoms with Crippen LogP contribution in [0.15, 0.2) is 0 Å². The summed E-state index contributed by atoms with van der Waals surface area (Å²) >= 11 is 0. The molecule has 0 aliphatic heterocycles. The van der Waals surface area contributed by atoms with E-state index in [1.54, 1.807) is 0 Å². The third-order valence-corrected chi connectivity index (χ3v) is 0.514. The van der Waals surface area contributed by atoms with E-state index < -0.39 is 18.6 Å². The van der Waals surface area contributed by atoms with Gasteiger partial charge in [0.15, 0.2) is 0 Å². The first-order valence-electron chi connectivity index (χ1n) is 1.77. The van der Waals surface area contributed by atoms with Crippen LogP contribution in [0.2, 0.25) is 0 Å². The van der Waals surface area contributed by atoms with Crippen LogP contribution in [0.1, 0.15) is 0 Å². The van der Waals surface area contributed by atoms with Crippen molar-refractivity contribution in [1.29, 1.82) is 0 Å². The van der Waals surface area contributed by atoms with Crippen molar-refractivity contribution in [3.8, 4) is 0 Å². The summed E-state index contributed by atoms with van der Waals surface area (Å²) in [7, 11) is 0. The fourth-order valence-electron chi connectivity index (χ4n) is 0.0781. The van der Waals surface area contributed by atoms with Crippen LogP contribution in [-0.4, -0.2) is 118 Å². The van der Waals surface area contributed by atoms with Crippen LogP contribution >= 0.6 is 0 Å². The number of aliphatic hydroxyl groups is 1. The quantitative estimate of drug-likeness (QED) is 0.381. The monoisotopic (exact) mass is 177 g/mol. The van der Waals surface area contributed by atoms with Crippen LogP contribution in [0, 0.1) is 0 Å². The van der Waals surface area contributed by atoms with E-state index in [0.717, 1.165) is 0 Å². The number of carboxylic acids is 1. The van der Waals surface area contributed by atoms with Crippen LogP contribution in [0.3, 0.4) is 0 Å². The van der Waals surface area contributed by atoms with E-state index in [1.165, 1.54) is 0 Å². The van der Waals surface area contributed by atoms with E-state index >= 15 is 0 Å². The SMILES string of the molecule is N[C@@H](CO)C(=O)O.[NaH].[NaH].[NaH]. The van der Waals surface area contributed by atoms with Crippen molar-refractivity contribution in [1.82, 2.24) is 0 Å². The van der Waals surface area contributed by atoms with Crippen LogP contribution < -0.4 is 5.73 Å². The van der Waals surface area contributed by atoms with Gasteiger partial charge < -0.3 is 15.9 Å². The molecular formula is C3H10NNa3O3. The Balaban J connectivity index is -0.0000000600. The van der Waals surface area contributed by atoms with Gasteiger partial charge in [-0.1, -0.05) is 0 Å². The minimum atomic E-state index is -1.18. The number of aliphatic carboxylic acids is 1. The summed E-state index contributed by atoms with van der Waals surface area (Å²) in [4.78, 5) is 9.65. The summed E-state index contributed by atoms with van der Waals surface area (Å²) in [5.41, 5.74) is 4.77. The van der Waals surface area contributed by atoms with Gasteiger partial charge in [0, 0.05) is 0 Å². The van der Waals surface area contributed by atoms with Crippen LogP contribution in [0.5, 0.6) is 0 Å². The van der Waals surface area contributed by atoms with Gasteiger partial charge in [-0.15, -0.1) is 0 Å². The Kier molecular flexibility index (Phi) is 31.8. The fourth-order valence-corrected chi connectivity index (χ4v) is 0.0781. The molecule has 48 valence electrons. The first-order valence-corrected chi connectivity index (χ1v) is 1.77. The molecule has 0 rings (SSSR count). The van der Waals surface area contributed by atoms with Crippen molar-refractivity contribution in [3.63, 3.8) is 0 Å². The Morgan fingerprint density at radius 2 is 1.70 bits per heavy atom. The Bertz CT molecular complexity index is 81.4. The average Bonchev–Trinajstić information content (AvgIpc) is 1.65. The number of hydrogen-bond acceptors (Lipinski definition) is 3. The van der Waals surface area contributed by atoms with Crippen LogP contribution in [0.25, 0.3) is 0 Å². The molecular weight excluding hydrogens is 167 g/mol. The molecule has 0 aliphatic rings. The molecule has 0 fully saturated rings. The molecule has 0 aliphatic carbocycles. The van der Waals surface area contributed by atoms with Crippen molar-refractivity contribution in [2.75, 3.05) is 6.61 Å². The maximum absolute atomic E-state index is 9.65. The van der Waals surface area contributed by atoms with Gasteiger partial charge in [-0.05, 0) is 0 Å². The molecule has 0 aromatic heterocycles. The van der Waals surface area contributed by atoms with Crippen LogP contribution in [-0.2, 0) is 4.79 Å². The summed E-state index contributed by atoms with van der Waals surface area (Å²) in [5, 5.41) is 15.9. The minimum absolute atomic E-state index is 0. The Labute approximate surface area is 126 Å². The van der Waals surface area contributed by atoms with E-state index in [1.807, 2.05) is 0 Å². The molecule has 0 saturated heterocycles. The third kappa shape index (κ3) is 13.0. The van der Waals surface area contributed by atoms with Crippen molar-refractivity contribution in [2.24, 2.45) is 5.73 Å². The zero-order chi connectivity index (χ0) is 5.86. The first-order chi connectivity index (χ1) is 3.18. The third-order valence-electron chi connectivity index (χ3n) is 0.514. The number of aliphatic hydroxyl groups excluding tert-OH is 1. The summed E-state index contributed by atoms with van der Waals surface area (Å²) in [6.07, 6.45) is 0. The van der Waals surface area contributed by atoms with Crippen LogP contribution in [0.4, 0.5) is 0 Å². The zero-order valence-electron chi connectivity index (χ0n) is 3.66. The molecule has 10 heavy (non-hydrogen) atoms. The topological polar surface area (TPSA) is 83.5 Å². The molecule has 0 unspecified atom stereocenters. The summed E-state index contributed by atoms with van der Waals surface area (Å²) in [6.45, 7) is -0.505. The predicted molar refractivity (Wildman–Crippen MR) is 44.1 cm³/mol. The second-order valence-electron chi connectivity index (χ2n) is 1.13. The molecule has 0 saturated carbocycles. The fraction of sp³-hybridized carbons (Fsp3) is 0.667. The van der Waals surface area contributed by atoms with Gasteiger partial charge in [-0.2, -0.15) is 0 Å². The predicted octanol–water partition coefficient (Wildman–Crippen LogP) is -3.55. The van der Waals surface area contributed by atoms with Gasteiger partial charge in [0.25, 0.3) is 0 Å². The van der Waals surface area contributed by atoms with Gasteiger partial charge in [0.1, 0.15) is 6.04 Å². The van der Waals surface area contributed by atoms with Crippen molar-refractivity contribution in [2.45, 2.75) is 6.04 Å². The molecule has 0 bridgehead atoms.